The first-order valence-corrected chi connectivity index (χ1v) is 7.46. The number of carbonyl (C=O) groups excluding carboxylic acids is 1. The summed E-state index contributed by atoms with van der Waals surface area (Å²) in [5.74, 6) is 0.483. The quantitative estimate of drug-likeness (QED) is 0.802. The predicted molar refractivity (Wildman–Crippen MR) is 80.4 cm³/mol. The maximum absolute atomic E-state index is 12.0. The molecule has 1 aromatic carbocycles. The third kappa shape index (κ3) is 2.36. The minimum absolute atomic E-state index is 0.157. The van der Waals surface area contributed by atoms with E-state index in [9.17, 15) is 4.79 Å². The van der Waals surface area contributed by atoms with Gasteiger partial charge in [-0.25, -0.2) is 4.98 Å². The van der Waals surface area contributed by atoms with Crippen LogP contribution in [0.4, 0.5) is 0 Å². The van der Waals surface area contributed by atoms with E-state index in [4.69, 9.17) is 4.52 Å². The van der Waals surface area contributed by atoms with Gasteiger partial charge in [0.15, 0.2) is 11.5 Å². The van der Waals surface area contributed by atoms with Gasteiger partial charge in [0.05, 0.1) is 23.9 Å². The summed E-state index contributed by atoms with van der Waals surface area (Å²) >= 11 is 0. The summed E-state index contributed by atoms with van der Waals surface area (Å²) in [4.78, 5) is 16.4. The highest BCUT2D eigenvalue weighted by molar-refractivity contribution is 5.92. The van der Waals surface area contributed by atoms with Gasteiger partial charge >= 0.3 is 0 Å². The van der Waals surface area contributed by atoms with Crippen LogP contribution < -0.4 is 5.32 Å². The number of hydrogen-bond acceptors (Lipinski definition) is 4. The van der Waals surface area contributed by atoms with Crippen LogP contribution >= 0.6 is 0 Å². The second-order valence-electron chi connectivity index (χ2n) is 5.64. The van der Waals surface area contributed by atoms with E-state index in [0.717, 1.165) is 23.9 Å². The molecule has 0 aliphatic heterocycles. The van der Waals surface area contributed by atoms with Crippen molar-refractivity contribution in [1.82, 2.24) is 20.0 Å². The SMILES string of the molecule is O=C(NC1CCC1)c1cc(Cn2cnc3ccccc32)on1. The molecule has 22 heavy (non-hydrogen) atoms. The minimum atomic E-state index is -0.157. The van der Waals surface area contributed by atoms with Gasteiger partial charge in [-0.2, -0.15) is 0 Å². The molecule has 1 aliphatic carbocycles. The number of benzene rings is 1. The highest BCUT2D eigenvalue weighted by atomic mass is 16.5. The van der Waals surface area contributed by atoms with Crippen molar-refractivity contribution in [3.63, 3.8) is 0 Å². The molecule has 2 aromatic heterocycles. The van der Waals surface area contributed by atoms with E-state index in [0.29, 0.717) is 24.0 Å². The zero-order valence-corrected chi connectivity index (χ0v) is 12.0. The number of nitrogens with zero attached hydrogens (tertiary/aromatic N) is 3. The summed E-state index contributed by atoms with van der Waals surface area (Å²) in [5.41, 5.74) is 2.30. The molecule has 112 valence electrons. The van der Waals surface area contributed by atoms with E-state index in [1.165, 1.54) is 6.42 Å². The van der Waals surface area contributed by atoms with Gasteiger partial charge in [0.25, 0.3) is 5.91 Å². The Balaban J connectivity index is 1.50. The zero-order chi connectivity index (χ0) is 14.9. The lowest BCUT2D eigenvalue weighted by molar-refractivity contribution is 0.0907. The van der Waals surface area contributed by atoms with Crippen LogP contribution in [-0.2, 0) is 6.54 Å². The number of rotatable bonds is 4. The third-order valence-electron chi connectivity index (χ3n) is 4.09. The standard InChI is InChI=1S/C16H16N4O2/c21-16(18-11-4-3-5-11)14-8-12(22-19-14)9-20-10-17-13-6-1-2-7-15(13)20/h1-2,6-8,10-11H,3-5,9H2,(H,18,21). The number of carbonyl (C=O) groups is 1. The highest BCUT2D eigenvalue weighted by Gasteiger charge is 2.22. The normalized spacial score (nSPS) is 14.9. The summed E-state index contributed by atoms with van der Waals surface area (Å²) in [6.45, 7) is 0.504. The van der Waals surface area contributed by atoms with Crippen LogP contribution in [0.5, 0.6) is 0 Å². The van der Waals surface area contributed by atoms with Crippen molar-refractivity contribution in [2.75, 3.05) is 0 Å². The van der Waals surface area contributed by atoms with Crippen molar-refractivity contribution < 1.29 is 9.32 Å². The molecule has 0 saturated heterocycles. The van der Waals surface area contributed by atoms with Crippen LogP contribution in [-0.4, -0.2) is 26.7 Å². The van der Waals surface area contributed by atoms with Crippen LogP contribution in [0.3, 0.4) is 0 Å². The Hall–Kier alpha value is -2.63. The molecular formula is C16H16N4O2. The predicted octanol–water partition coefficient (Wildman–Crippen LogP) is 2.35. The van der Waals surface area contributed by atoms with Gasteiger partial charge in [-0.05, 0) is 31.4 Å². The molecule has 0 radical (unpaired) electrons. The monoisotopic (exact) mass is 296 g/mol. The Morgan fingerprint density at radius 2 is 2.23 bits per heavy atom. The first-order valence-electron chi connectivity index (χ1n) is 7.46. The molecule has 1 aliphatic rings. The second-order valence-corrected chi connectivity index (χ2v) is 5.64. The Morgan fingerprint density at radius 3 is 3.05 bits per heavy atom. The molecule has 1 N–H and O–H groups in total. The van der Waals surface area contributed by atoms with Crippen LogP contribution in [0.1, 0.15) is 35.5 Å². The molecule has 0 bridgehead atoms. The highest BCUT2D eigenvalue weighted by Crippen LogP contribution is 2.19. The fourth-order valence-electron chi connectivity index (χ4n) is 2.61. The number of imidazole rings is 1. The van der Waals surface area contributed by atoms with Gasteiger partial charge in [-0.15, -0.1) is 0 Å². The number of aromatic nitrogens is 3. The molecule has 0 unspecified atom stereocenters. The average Bonchev–Trinajstić information content (AvgIpc) is 3.11. The molecule has 1 amide bonds. The van der Waals surface area contributed by atoms with Crippen molar-refractivity contribution in [3.8, 4) is 0 Å². The van der Waals surface area contributed by atoms with Crippen molar-refractivity contribution >= 4 is 16.9 Å². The van der Waals surface area contributed by atoms with Gasteiger partial charge in [0.1, 0.15) is 0 Å². The maximum Gasteiger partial charge on any atom is 0.273 e. The van der Waals surface area contributed by atoms with Gasteiger partial charge < -0.3 is 14.4 Å². The summed E-state index contributed by atoms with van der Waals surface area (Å²) in [6, 6.07) is 9.88. The minimum Gasteiger partial charge on any atom is -0.359 e. The summed E-state index contributed by atoms with van der Waals surface area (Å²) < 4.78 is 7.26. The molecule has 1 fully saturated rings. The molecule has 4 rings (SSSR count). The van der Waals surface area contributed by atoms with Crippen LogP contribution in [0, 0.1) is 0 Å². The number of amides is 1. The maximum atomic E-state index is 12.0. The topological polar surface area (TPSA) is 73.0 Å². The molecule has 2 heterocycles. The van der Waals surface area contributed by atoms with Gasteiger partial charge in [-0.3, -0.25) is 4.79 Å². The summed E-state index contributed by atoms with van der Waals surface area (Å²) in [5, 5.41) is 6.82. The van der Waals surface area contributed by atoms with Crippen molar-refractivity contribution in [2.24, 2.45) is 0 Å². The largest absolute Gasteiger partial charge is 0.359 e. The molecular weight excluding hydrogens is 280 g/mol. The summed E-state index contributed by atoms with van der Waals surface area (Å²) in [7, 11) is 0. The molecule has 3 aromatic rings. The number of nitrogens with one attached hydrogen (secondary N) is 1. The van der Waals surface area contributed by atoms with E-state index in [-0.39, 0.29) is 5.91 Å². The van der Waals surface area contributed by atoms with Crippen molar-refractivity contribution in [1.29, 1.82) is 0 Å². The zero-order valence-electron chi connectivity index (χ0n) is 12.0. The van der Waals surface area contributed by atoms with Crippen LogP contribution in [0.15, 0.2) is 41.2 Å². The van der Waals surface area contributed by atoms with E-state index >= 15 is 0 Å². The van der Waals surface area contributed by atoms with Crippen molar-refractivity contribution in [3.05, 3.63) is 48.1 Å². The Labute approximate surface area is 127 Å². The lowest BCUT2D eigenvalue weighted by Crippen LogP contribution is -2.39. The lowest BCUT2D eigenvalue weighted by Gasteiger charge is -2.25. The van der Waals surface area contributed by atoms with Gasteiger partial charge in [-0.1, -0.05) is 17.3 Å². The van der Waals surface area contributed by atoms with E-state index in [2.05, 4.69) is 15.5 Å². The van der Waals surface area contributed by atoms with Gasteiger partial charge in [0, 0.05) is 12.1 Å². The number of hydrogen-bond donors (Lipinski definition) is 1. The fraction of sp³-hybridized carbons (Fsp3) is 0.312. The molecule has 6 nitrogen and oxygen atoms in total. The summed E-state index contributed by atoms with van der Waals surface area (Å²) in [6.07, 6.45) is 5.05. The Kier molecular flexibility index (Phi) is 3.14. The van der Waals surface area contributed by atoms with Crippen LogP contribution in [0.2, 0.25) is 0 Å². The average molecular weight is 296 g/mol. The molecule has 1 saturated carbocycles. The lowest BCUT2D eigenvalue weighted by atomic mass is 9.93. The van der Waals surface area contributed by atoms with E-state index in [1.54, 1.807) is 12.4 Å². The third-order valence-corrected chi connectivity index (χ3v) is 4.09. The van der Waals surface area contributed by atoms with Crippen LogP contribution in [0.25, 0.3) is 11.0 Å². The molecule has 0 spiro atoms. The van der Waals surface area contributed by atoms with E-state index < -0.39 is 0 Å². The molecule has 6 heteroatoms. The smallest absolute Gasteiger partial charge is 0.273 e. The first-order chi connectivity index (χ1) is 10.8. The first kappa shape index (κ1) is 13.1. The van der Waals surface area contributed by atoms with Gasteiger partial charge in [0.2, 0.25) is 0 Å². The van der Waals surface area contributed by atoms with E-state index in [1.807, 2.05) is 28.8 Å². The Morgan fingerprint density at radius 1 is 1.36 bits per heavy atom. The van der Waals surface area contributed by atoms with Crippen molar-refractivity contribution in [2.45, 2.75) is 31.8 Å². The number of fused-ring (bicyclic) bond motifs is 1. The fourth-order valence-corrected chi connectivity index (χ4v) is 2.61. The second kappa shape index (κ2) is 5.29. The molecule has 0 atom stereocenters. The number of para-hydroxylation sites is 2. The Bertz CT molecular complexity index is 816.